The van der Waals surface area contributed by atoms with E-state index >= 15 is 0 Å². The largest absolute Gasteiger partial charge is 0.496 e. The van der Waals surface area contributed by atoms with Crippen molar-refractivity contribution >= 4 is 28.9 Å². The van der Waals surface area contributed by atoms with Gasteiger partial charge >= 0.3 is 5.97 Å². The van der Waals surface area contributed by atoms with Crippen molar-refractivity contribution < 1.29 is 18.5 Å². The average molecular weight is 380 g/mol. The van der Waals surface area contributed by atoms with Crippen molar-refractivity contribution in [2.24, 2.45) is 5.92 Å². The molecule has 0 bridgehead atoms. The Morgan fingerprint density at radius 1 is 1.27 bits per heavy atom. The Bertz CT molecular complexity index is 859. The molecule has 1 heterocycles. The number of carbonyl (C=O) groups is 1. The molecule has 0 aliphatic carbocycles. The number of hydrogen-bond donors (Lipinski definition) is 0. The summed E-state index contributed by atoms with van der Waals surface area (Å²) >= 11 is 0.822. The van der Waals surface area contributed by atoms with Crippen LogP contribution in [0.5, 0.6) is 5.75 Å². The second-order valence-corrected chi connectivity index (χ2v) is 7.02. The lowest BCUT2D eigenvalue weighted by atomic mass is 10.0. The first-order valence-corrected chi connectivity index (χ1v) is 9.64. The Morgan fingerprint density at radius 3 is 2.50 bits per heavy atom. The molecule has 0 saturated carbocycles. The number of esters is 1. The van der Waals surface area contributed by atoms with Crippen LogP contribution in [0.2, 0.25) is 0 Å². The summed E-state index contributed by atoms with van der Waals surface area (Å²) in [5.41, 5.74) is 1.21. The molecule has 1 aromatic heterocycles. The van der Waals surface area contributed by atoms with Gasteiger partial charge in [0.25, 0.3) is 0 Å². The number of pyridine rings is 1. The lowest BCUT2D eigenvalue weighted by molar-refractivity contribution is 0.0598. The first kappa shape index (κ1) is 20.3. The van der Waals surface area contributed by atoms with Gasteiger partial charge in [0.1, 0.15) is 36.2 Å². The summed E-state index contributed by atoms with van der Waals surface area (Å²) in [6, 6.07) is 3.54. The molecule has 1 aromatic carbocycles. The van der Waals surface area contributed by atoms with E-state index in [-0.39, 0.29) is 23.0 Å². The highest BCUT2D eigenvalue weighted by Gasteiger charge is 2.24. The number of aryl methyl sites for hydroxylation is 1. The monoisotopic (exact) mass is 380 g/mol. The molecule has 0 N–H and O–H groups in total. The van der Waals surface area contributed by atoms with Crippen molar-refractivity contribution in [3.8, 4) is 5.75 Å². The quantitative estimate of drug-likeness (QED) is 0.420. The number of nitrogens with zero attached hydrogens (tertiary/aromatic N) is 1. The number of aromatic nitrogens is 1. The zero-order chi connectivity index (χ0) is 19.4. The highest BCUT2D eigenvalue weighted by molar-refractivity contribution is 7.72. The maximum atomic E-state index is 12.9. The van der Waals surface area contributed by atoms with Gasteiger partial charge in [0.05, 0.1) is 25.8 Å². The van der Waals surface area contributed by atoms with Gasteiger partial charge in [-0.2, -0.15) is 4.18 Å². The molecule has 2 rings (SSSR count). The number of fused-ring (bicyclic) bond motifs is 1. The fourth-order valence-electron chi connectivity index (χ4n) is 2.98. The van der Waals surface area contributed by atoms with Gasteiger partial charge in [0.2, 0.25) is 5.43 Å². The second-order valence-electron chi connectivity index (χ2n) is 6.40. The minimum Gasteiger partial charge on any atom is -0.496 e. The predicted molar refractivity (Wildman–Crippen MR) is 105 cm³/mol. The van der Waals surface area contributed by atoms with Crippen LogP contribution in [0, 0.1) is 12.8 Å². The molecule has 0 aliphatic heterocycles. The van der Waals surface area contributed by atoms with E-state index in [0.29, 0.717) is 23.3 Å². The number of hydrogen-bond acceptors (Lipinski definition) is 5. The van der Waals surface area contributed by atoms with Crippen LogP contribution < -0.4 is 10.2 Å². The maximum Gasteiger partial charge on any atom is 0.343 e. The topological polar surface area (TPSA) is 66.8 Å². The van der Waals surface area contributed by atoms with Crippen LogP contribution in [0.25, 0.3) is 10.9 Å². The third-order valence-electron chi connectivity index (χ3n) is 4.46. The fourth-order valence-corrected chi connectivity index (χ4v) is 3.28. The Hall–Kier alpha value is -1.99. The number of thiol groups is 1. The highest BCUT2D eigenvalue weighted by Crippen LogP contribution is 2.29. The lowest BCUT2D eigenvalue weighted by Crippen LogP contribution is -2.26. The zero-order valence-corrected chi connectivity index (χ0v) is 16.9. The molecule has 0 aliphatic rings. The van der Waals surface area contributed by atoms with E-state index in [4.69, 9.17) is 13.7 Å². The molecular weight excluding hydrogens is 354 g/mol. The number of methoxy groups -OCH3 is 2. The summed E-state index contributed by atoms with van der Waals surface area (Å²) in [4.78, 5) is 25.0. The van der Waals surface area contributed by atoms with E-state index < -0.39 is 5.97 Å². The molecule has 7 heteroatoms. The van der Waals surface area contributed by atoms with Crippen molar-refractivity contribution in [2.45, 2.75) is 26.8 Å². The van der Waals surface area contributed by atoms with Crippen LogP contribution >= 0.6 is 0 Å². The third kappa shape index (κ3) is 3.88. The Labute approximate surface area is 157 Å². The number of rotatable bonds is 7. The van der Waals surface area contributed by atoms with Crippen molar-refractivity contribution in [3.63, 3.8) is 0 Å². The molecule has 6 nitrogen and oxygen atoms in total. The molecular formula is C19H26NO5S+. The van der Waals surface area contributed by atoms with Crippen molar-refractivity contribution in [1.82, 2.24) is 4.57 Å². The van der Waals surface area contributed by atoms with Crippen LogP contribution in [0.3, 0.4) is 0 Å². The minimum absolute atomic E-state index is 0.0178. The van der Waals surface area contributed by atoms with Crippen LogP contribution in [-0.4, -0.2) is 37.6 Å². The Balaban J connectivity index is 2.86. The molecule has 0 unspecified atom stereocenters. The summed E-state index contributed by atoms with van der Waals surface area (Å²) < 4.78 is 17.8. The highest BCUT2D eigenvalue weighted by atomic mass is 32.2. The third-order valence-corrected chi connectivity index (χ3v) is 4.86. The van der Waals surface area contributed by atoms with Gasteiger partial charge in [-0.25, -0.2) is 4.79 Å². The minimum atomic E-state index is -0.642. The molecule has 142 valence electrons. The van der Waals surface area contributed by atoms with Gasteiger partial charge in [0.15, 0.2) is 0 Å². The lowest BCUT2D eigenvalue weighted by Gasteiger charge is -2.25. The summed E-state index contributed by atoms with van der Waals surface area (Å²) in [6.45, 7) is 6.48. The van der Waals surface area contributed by atoms with Crippen molar-refractivity contribution in [3.05, 3.63) is 39.7 Å². The van der Waals surface area contributed by atoms with Crippen molar-refractivity contribution in [2.75, 3.05) is 27.1 Å². The molecule has 0 spiro atoms. The van der Waals surface area contributed by atoms with E-state index in [2.05, 4.69) is 13.8 Å². The average Bonchev–Trinajstić information content (AvgIpc) is 2.62. The first-order chi connectivity index (χ1) is 12.3. The van der Waals surface area contributed by atoms with Gasteiger partial charge in [-0.3, -0.25) is 4.79 Å². The summed E-state index contributed by atoms with van der Waals surface area (Å²) in [6.07, 6.45) is 3.49. The van der Waals surface area contributed by atoms with Gasteiger partial charge in [0, 0.05) is 17.6 Å². The van der Waals surface area contributed by atoms with Gasteiger partial charge < -0.3 is 14.0 Å². The fraction of sp³-hybridized carbons (Fsp3) is 0.474. The van der Waals surface area contributed by atoms with Gasteiger partial charge in [-0.1, -0.05) is 13.8 Å². The Kier molecular flexibility index (Phi) is 6.72. The zero-order valence-electron chi connectivity index (χ0n) is 16.0. The smallest absolute Gasteiger partial charge is 0.343 e. The van der Waals surface area contributed by atoms with E-state index in [1.165, 1.54) is 7.11 Å². The second kappa shape index (κ2) is 8.60. The van der Waals surface area contributed by atoms with Gasteiger partial charge in [-0.05, 0) is 24.5 Å². The van der Waals surface area contributed by atoms with Crippen LogP contribution in [0.4, 0.5) is 0 Å². The first-order valence-electron chi connectivity index (χ1n) is 8.38. The molecule has 2 aromatic rings. The van der Waals surface area contributed by atoms with E-state index in [1.54, 1.807) is 19.4 Å². The molecule has 1 atom stereocenters. The van der Waals surface area contributed by atoms with E-state index in [0.717, 1.165) is 17.6 Å². The van der Waals surface area contributed by atoms with Gasteiger partial charge in [-0.15, -0.1) is 0 Å². The Morgan fingerprint density at radius 2 is 1.96 bits per heavy atom. The number of benzene rings is 1. The molecule has 0 saturated heterocycles. The van der Waals surface area contributed by atoms with Crippen LogP contribution in [-0.2, 0) is 21.0 Å². The van der Waals surface area contributed by atoms with E-state index in [9.17, 15) is 9.59 Å². The van der Waals surface area contributed by atoms with E-state index in [1.807, 2.05) is 23.8 Å². The standard InChI is InChI=1S/C19H25NO5S/c1-11(2)16(10-25-26-6)20-9-14(19(22)24-5)18(21)13-7-12(3)17(23-4)8-15(13)20/h7-9,11,16H,10H2,1-6H3/p+1/t16-/m1/s1. The molecule has 0 fully saturated rings. The molecule has 0 radical (unpaired) electrons. The van der Waals surface area contributed by atoms with Crippen molar-refractivity contribution in [1.29, 1.82) is 0 Å². The summed E-state index contributed by atoms with van der Waals surface area (Å²) in [5.74, 6) is 0.268. The maximum absolute atomic E-state index is 12.9. The molecule has 26 heavy (non-hydrogen) atoms. The summed E-state index contributed by atoms with van der Waals surface area (Å²) in [5, 5.41) is 0.464. The summed E-state index contributed by atoms with van der Waals surface area (Å²) in [7, 11) is 2.87. The normalized spacial score (nSPS) is 12.4. The van der Waals surface area contributed by atoms with Crippen LogP contribution in [0.15, 0.2) is 23.1 Å². The predicted octanol–water partition coefficient (Wildman–Crippen LogP) is 2.68. The number of carbonyl (C=O) groups excluding carboxylic acids is 1. The van der Waals surface area contributed by atoms with Crippen LogP contribution in [0.1, 0.15) is 35.8 Å². The SMILES string of the molecule is COC(=O)c1cn([C@H](CO[SH+]C)C(C)C)c2cc(OC)c(C)cc2c1=O. The molecule has 0 amide bonds. The number of ether oxygens (including phenoxy) is 2.